The minimum atomic E-state index is -3.09. The van der Waals surface area contributed by atoms with Gasteiger partial charge in [0.1, 0.15) is 15.5 Å². The van der Waals surface area contributed by atoms with Crippen LogP contribution < -0.4 is 17.0 Å². The van der Waals surface area contributed by atoms with Crippen LogP contribution in [-0.4, -0.2) is 29.1 Å². The van der Waals surface area contributed by atoms with E-state index < -0.39 is 21.1 Å². The van der Waals surface area contributed by atoms with Crippen LogP contribution in [0, 0.1) is 0 Å². The molecule has 0 saturated heterocycles. The zero-order chi connectivity index (χ0) is 13.9. The van der Waals surface area contributed by atoms with Crippen molar-refractivity contribution >= 4 is 15.5 Å². The summed E-state index contributed by atoms with van der Waals surface area (Å²) in [4.78, 5) is 23.3. The van der Waals surface area contributed by atoms with Crippen LogP contribution in [0.4, 0.5) is 5.69 Å². The van der Waals surface area contributed by atoms with Crippen molar-refractivity contribution in [2.45, 2.75) is 19.9 Å². The van der Waals surface area contributed by atoms with Crippen molar-refractivity contribution in [3.8, 4) is 0 Å². The molecule has 0 bridgehead atoms. The Hall–Kier alpha value is -1.57. The smallest absolute Gasteiger partial charge is 0.330 e. The maximum atomic E-state index is 11.7. The Labute approximate surface area is 105 Å². The molecule has 1 aromatic heterocycles. The van der Waals surface area contributed by atoms with Gasteiger partial charge in [-0.1, -0.05) is 6.92 Å². The molecule has 102 valence electrons. The number of nitrogens with zero attached hydrogens (tertiary/aromatic N) is 2. The Kier molecular flexibility index (Phi) is 4.33. The fourth-order valence-electron chi connectivity index (χ4n) is 1.54. The molecule has 1 aromatic rings. The van der Waals surface area contributed by atoms with E-state index in [2.05, 4.69) is 0 Å². The topological polar surface area (TPSA) is 104 Å². The summed E-state index contributed by atoms with van der Waals surface area (Å²) in [5.74, 6) is 0.00469. The fourth-order valence-corrected chi connectivity index (χ4v) is 2.39. The van der Waals surface area contributed by atoms with Gasteiger partial charge in [-0.2, -0.15) is 0 Å². The molecule has 1 rings (SSSR count). The number of aryl methyl sites for hydroxylation is 1. The summed E-state index contributed by atoms with van der Waals surface area (Å²) in [6, 6.07) is 0. The van der Waals surface area contributed by atoms with Crippen LogP contribution in [0.15, 0.2) is 15.8 Å². The van der Waals surface area contributed by atoms with Crippen molar-refractivity contribution in [2.75, 3.05) is 17.2 Å². The number of sulfone groups is 1. The van der Waals surface area contributed by atoms with Gasteiger partial charge in [-0.05, 0) is 6.42 Å². The molecule has 8 heteroatoms. The standard InChI is InChI=1S/C10H17N3O4S/c1-3-18(16,17)6-4-5-13-9(14)8(11)7-12(2)10(13)15/h7H,3-6,11H2,1-2H3. The summed E-state index contributed by atoms with van der Waals surface area (Å²) in [7, 11) is -1.61. The number of hydrogen-bond donors (Lipinski definition) is 1. The van der Waals surface area contributed by atoms with Crippen molar-refractivity contribution in [3.63, 3.8) is 0 Å². The van der Waals surface area contributed by atoms with Crippen LogP contribution in [0.3, 0.4) is 0 Å². The van der Waals surface area contributed by atoms with E-state index in [1.807, 2.05) is 0 Å². The van der Waals surface area contributed by atoms with Gasteiger partial charge in [0.25, 0.3) is 5.56 Å². The summed E-state index contributed by atoms with van der Waals surface area (Å²) in [5, 5.41) is 0. The molecule has 0 unspecified atom stereocenters. The average molecular weight is 275 g/mol. The molecule has 0 saturated carbocycles. The molecule has 0 atom stereocenters. The molecule has 18 heavy (non-hydrogen) atoms. The largest absolute Gasteiger partial charge is 0.393 e. The van der Waals surface area contributed by atoms with Gasteiger partial charge in [0, 0.05) is 25.5 Å². The molecular formula is C10H17N3O4S. The number of anilines is 1. The number of nitrogen functional groups attached to an aromatic ring is 1. The molecule has 0 aliphatic carbocycles. The normalized spacial score (nSPS) is 11.7. The zero-order valence-corrected chi connectivity index (χ0v) is 11.2. The third kappa shape index (κ3) is 3.22. The Morgan fingerprint density at radius 3 is 2.50 bits per heavy atom. The number of rotatable bonds is 5. The van der Waals surface area contributed by atoms with E-state index in [9.17, 15) is 18.0 Å². The minimum absolute atomic E-state index is 0.0320. The molecule has 0 aliphatic rings. The van der Waals surface area contributed by atoms with Crippen molar-refractivity contribution in [2.24, 2.45) is 7.05 Å². The first-order valence-corrected chi connectivity index (χ1v) is 7.37. The van der Waals surface area contributed by atoms with E-state index in [0.717, 1.165) is 4.57 Å². The van der Waals surface area contributed by atoms with E-state index in [1.54, 1.807) is 6.92 Å². The maximum absolute atomic E-state index is 11.7. The second kappa shape index (κ2) is 5.38. The second-order valence-electron chi connectivity index (χ2n) is 4.02. The minimum Gasteiger partial charge on any atom is -0.393 e. The predicted molar refractivity (Wildman–Crippen MR) is 69.3 cm³/mol. The van der Waals surface area contributed by atoms with Gasteiger partial charge < -0.3 is 10.3 Å². The summed E-state index contributed by atoms with van der Waals surface area (Å²) in [6.45, 7) is 1.61. The highest BCUT2D eigenvalue weighted by atomic mass is 32.2. The highest BCUT2D eigenvalue weighted by molar-refractivity contribution is 7.91. The Morgan fingerprint density at radius 2 is 1.94 bits per heavy atom. The molecule has 0 fully saturated rings. The number of aromatic nitrogens is 2. The van der Waals surface area contributed by atoms with Crippen LogP contribution in [0.2, 0.25) is 0 Å². The van der Waals surface area contributed by atoms with Gasteiger partial charge >= 0.3 is 5.69 Å². The van der Waals surface area contributed by atoms with Gasteiger partial charge in [0.05, 0.1) is 5.75 Å². The summed E-state index contributed by atoms with van der Waals surface area (Å²) < 4.78 is 24.8. The molecule has 7 nitrogen and oxygen atoms in total. The lowest BCUT2D eigenvalue weighted by Crippen LogP contribution is -2.40. The van der Waals surface area contributed by atoms with Gasteiger partial charge in [-0.25, -0.2) is 13.2 Å². The number of nitrogens with two attached hydrogens (primary N) is 1. The quantitative estimate of drug-likeness (QED) is 0.738. The maximum Gasteiger partial charge on any atom is 0.330 e. The molecule has 0 spiro atoms. The fraction of sp³-hybridized carbons (Fsp3) is 0.600. The molecular weight excluding hydrogens is 258 g/mol. The van der Waals surface area contributed by atoms with Crippen LogP contribution in [0.5, 0.6) is 0 Å². The first kappa shape index (κ1) is 14.5. The Morgan fingerprint density at radius 1 is 1.33 bits per heavy atom. The van der Waals surface area contributed by atoms with Crippen LogP contribution in [0.25, 0.3) is 0 Å². The van der Waals surface area contributed by atoms with E-state index in [1.165, 1.54) is 17.8 Å². The van der Waals surface area contributed by atoms with Crippen LogP contribution in [-0.2, 0) is 23.4 Å². The summed E-state index contributed by atoms with van der Waals surface area (Å²) in [6.07, 6.45) is 1.47. The zero-order valence-electron chi connectivity index (χ0n) is 10.4. The van der Waals surface area contributed by atoms with Crippen LogP contribution in [0.1, 0.15) is 13.3 Å². The molecule has 0 aliphatic heterocycles. The highest BCUT2D eigenvalue weighted by Gasteiger charge is 2.10. The SMILES string of the molecule is CCS(=O)(=O)CCCn1c(=O)c(N)cn(C)c1=O. The van der Waals surface area contributed by atoms with Crippen molar-refractivity contribution < 1.29 is 8.42 Å². The molecule has 2 N–H and O–H groups in total. The first-order chi connectivity index (χ1) is 8.28. The van der Waals surface area contributed by atoms with Crippen LogP contribution >= 0.6 is 0 Å². The molecule has 0 aromatic carbocycles. The highest BCUT2D eigenvalue weighted by Crippen LogP contribution is 1.95. The van der Waals surface area contributed by atoms with E-state index >= 15 is 0 Å². The van der Waals surface area contributed by atoms with Gasteiger partial charge in [-0.15, -0.1) is 0 Å². The summed E-state index contributed by atoms with van der Waals surface area (Å²) >= 11 is 0. The Balaban J connectivity index is 2.93. The van der Waals surface area contributed by atoms with E-state index in [-0.39, 0.29) is 30.2 Å². The third-order valence-electron chi connectivity index (χ3n) is 2.63. The molecule has 0 amide bonds. The van der Waals surface area contributed by atoms with Gasteiger partial charge in [-0.3, -0.25) is 9.36 Å². The first-order valence-electron chi connectivity index (χ1n) is 5.55. The van der Waals surface area contributed by atoms with Gasteiger partial charge in [0.2, 0.25) is 0 Å². The number of hydrogen-bond acceptors (Lipinski definition) is 5. The van der Waals surface area contributed by atoms with E-state index in [4.69, 9.17) is 5.73 Å². The third-order valence-corrected chi connectivity index (χ3v) is 4.42. The molecule has 1 heterocycles. The predicted octanol–water partition coefficient (Wildman–Crippen LogP) is -1.05. The van der Waals surface area contributed by atoms with Crippen molar-refractivity contribution in [1.82, 2.24) is 9.13 Å². The van der Waals surface area contributed by atoms with Gasteiger partial charge in [0.15, 0.2) is 0 Å². The average Bonchev–Trinajstić information content (AvgIpc) is 2.31. The lowest BCUT2D eigenvalue weighted by atomic mass is 10.4. The van der Waals surface area contributed by atoms with E-state index in [0.29, 0.717) is 0 Å². The lowest BCUT2D eigenvalue weighted by molar-refractivity contribution is 0.566. The van der Waals surface area contributed by atoms with Crippen molar-refractivity contribution in [3.05, 3.63) is 27.0 Å². The Bertz CT molecular complexity index is 608. The summed E-state index contributed by atoms with van der Waals surface area (Å²) in [5.41, 5.74) is 4.36. The lowest BCUT2D eigenvalue weighted by Gasteiger charge is -2.08. The second-order valence-corrected chi connectivity index (χ2v) is 6.50. The monoisotopic (exact) mass is 275 g/mol. The van der Waals surface area contributed by atoms with Crippen molar-refractivity contribution in [1.29, 1.82) is 0 Å². The molecule has 0 radical (unpaired) electrons.